The lowest BCUT2D eigenvalue weighted by atomic mass is 9.94. The fraction of sp³-hybridized carbons (Fsp3) is 0.136. The third kappa shape index (κ3) is 3.81. The van der Waals surface area contributed by atoms with E-state index in [4.69, 9.17) is 28.3 Å². The van der Waals surface area contributed by atoms with Gasteiger partial charge in [0.15, 0.2) is 10.9 Å². The summed E-state index contributed by atoms with van der Waals surface area (Å²) < 4.78 is 5.07. The van der Waals surface area contributed by atoms with E-state index >= 15 is 0 Å². The number of benzene rings is 2. The van der Waals surface area contributed by atoms with Gasteiger partial charge >= 0.3 is 0 Å². The number of nitrogens with one attached hydrogen (secondary N) is 2. The molecule has 6 nitrogen and oxygen atoms in total. The number of halogens is 1. The highest BCUT2D eigenvalue weighted by Gasteiger charge is 2.35. The second-order valence-corrected chi connectivity index (χ2v) is 7.64. The van der Waals surface area contributed by atoms with Gasteiger partial charge in [-0.15, -0.1) is 0 Å². The first-order valence-corrected chi connectivity index (χ1v) is 10.1. The Morgan fingerprint density at radius 1 is 1.17 bits per heavy atom. The van der Waals surface area contributed by atoms with Crippen molar-refractivity contribution in [1.82, 2.24) is 10.5 Å². The van der Waals surface area contributed by atoms with E-state index in [-0.39, 0.29) is 5.91 Å². The van der Waals surface area contributed by atoms with E-state index in [9.17, 15) is 4.79 Å². The van der Waals surface area contributed by atoms with E-state index in [1.807, 2.05) is 60.4 Å². The maximum absolute atomic E-state index is 13.4. The molecule has 3 aromatic rings. The fourth-order valence-corrected chi connectivity index (χ4v) is 4.08. The Kier molecular flexibility index (Phi) is 5.57. The average Bonchev–Trinajstić information content (AvgIpc) is 3.13. The van der Waals surface area contributed by atoms with Crippen LogP contribution in [0.25, 0.3) is 0 Å². The highest BCUT2D eigenvalue weighted by molar-refractivity contribution is 7.80. The van der Waals surface area contributed by atoms with Gasteiger partial charge in [-0.25, -0.2) is 0 Å². The van der Waals surface area contributed by atoms with Crippen molar-refractivity contribution in [2.45, 2.75) is 19.9 Å². The Bertz CT molecular complexity index is 1140. The van der Waals surface area contributed by atoms with Crippen molar-refractivity contribution in [3.05, 3.63) is 88.3 Å². The highest BCUT2D eigenvalue weighted by Crippen LogP contribution is 2.36. The fourth-order valence-electron chi connectivity index (χ4n) is 3.48. The molecule has 1 amide bonds. The number of aromatic nitrogens is 1. The quantitative estimate of drug-likeness (QED) is 0.559. The summed E-state index contributed by atoms with van der Waals surface area (Å²) >= 11 is 12.1. The molecule has 0 bridgehead atoms. The molecule has 30 heavy (non-hydrogen) atoms. The summed E-state index contributed by atoms with van der Waals surface area (Å²) in [5, 5.41) is 11.0. The van der Waals surface area contributed by atoms with Gasteiger partial charge in [0.1, 0.15) is 5.76 Å². The number of allylic oxidation sites excluding steroid dienone is 1. The number of anilines is 2. The van der Waals surface area contributed by atoms with Crippen LogP contribution in [0.5, 0.6) is 0 Å². The van der Waals surface area contributed by atoms with E-state index < -0.39 is 6.04 Å². The topological polar surface area (TPSA) is 70.4 Å². The molecule has 0 radical (unpaired) electrons. The maximum Gasteiger partial charge on any atom is 0.257 e. The molecule has 1 atom stereocenters. The van der Waals surface area contributed by atoms with Crippen LogP contribution in [0, 0.1) is 6.92 Å². The summed E-state index contributed by atoms with van der Waals surface area (Å²) in [7, 11) is 0. The number of para-hydroxylation sites is 1. The maximum atomic E-state index is 13.4. The van der Waals surface area contributed by atoms with E-state index in [1.54, 1.807) is 19.1 Å². The van der Waals surface area contributed by atoms with Crippen molar-refractivity contribution in [3.63, 3.8) is 0 Å². The van der Waals surface area contributed by atoms with E-state index in [1.165, 1.54) is 0 Å². The van der Waals surface area contributed by atoms with E-state index in [0.717, 1.165) is 11.3 Å². The molecule has 4 rings (SSSR count). The molecule has 2 heterocycles. The SMILES string of the molecule is CC1=C(C(=O)Nc2cc(C)on2)[C@@H](c2ccccc2Cl)NC(=S)N1c1ccccc1. The zero-order valence-corrected chi connectivity index (χ0v) is 17.9. The van der Waals surface area contributed by atoms with Crippen LogP contribution in [0.15, 0.2) is 76.5 Å². The zero-order valence-electron chi connectivity index (χ0n) is 16.3. The van der Waals surface area contributed by atoms with Gasteiger partial charge < -0.3 is 15.2 Å². The van der Waals surface area contributed by atoms with Crippen LogP contribution >= 0.6 is 23.8 Å². The minimum Gasteiger partial charge on any atom is -0.360 e. The van der Waals surface area contributed by atoms with Crippen molar-refractivity contribution < 1.29 is 9.32 Å². The van der Waals surface area contributed by atoms with Crippen molar-refractivity contribution in [3.8, 4) is 0 Å². The third-order valence-electron chi connectivity index (χ3n) is 4.83. The van der Waals surface area contributed by atoms with Gasteiger partial charge in [-0.3, -0.25) is 9.69 Å². The minimum absolute atomic E-state index is 0.318. The van der Waals surface area contributed by atoms with E-state index in [0.29, 0.717) is 33.0 Å². The second kappa shape index (κ2) is 8.30. The number of hydrogen-bond acceptors (Lipinski definition) is 4. The van der Waals surface area contributed by atoms with E-state index in [2.05, 4.69) is 15.8 Å². The van der Waals surface area contributed by atoms with Crippen LogP contribution < -0.4 is 15.5 Å². The standard InChI is InChI=1S/C22H19ClN4O2S/c1-13-12-18(26-29-13)24-21(28)19-14(2)27(15-8-4-3-5-9-15)22(30)25-20(19)16-10-6-7-11-17(16)23/h3-12,20H,1-2H3,(H,25,30)(H,24,26,28)/t20-/m1/s1. The van der Waals surface area contributed by atoms with Crippen molar-refractivity contribution in [1.29, 1.82) is 0 Å². The summed E-state index contributed by atoms with van der Waals surface area (Å²) in [4.78, 5) is 15.2. The Morgan fingerprint density at radius 3 is 2.53 bits per heavy atom. The van der Waals surface area contributed by atoms with Crippen molar-refractivity contribution in [2.24, 2.45) is 0 Å². The largest absolute Gasteiger partial charge is 0.360 e. The Labute approximate surface area is 184 Å². The summed E-state index contributed by atoms with van der Waals surface area (Å²) in [6.07, 6.45) is 0. The molecule has 152 valence electrons. The number of thiocarbonyl (C=S) groups is 1. The molecule has 0 saturated carbocycles. The Hall–Kier alpha value is -3.16. The predicted molar refractivity (Wildman–Crippen MR) is 121 cm³/mol. The van der Waals surface area contributed by atoms with Gasteiger partial charge in [0.2, 0.25) is 0 Å². The summed E-state index contributed by atoms with van der Waals surface area (Å²) in [5.74, 6) is 0.629. The molecule has 1 aliphatic heterocycles. The average molecular weight is 439 g/mol. The summed E-state index contributed by atoms with van der Waals surface area (Å²) in [5.41, 5.74) is 2.80. The Balaban J connectivity index is 1.82. The van der Waals surface area contributed by atoms with Crippen LogP contribution in [-0.4, -0.2) is 16.2 Å². The van der Waals surface area contributed by atoms with Gasteiger partial charge in [0.25, 0.3) is 5.91 Å². The van der Waals surface area contributed by atoms with Gasteiger partial charge in [-0.2, -0.15) is 0 Å². The molecule has 2 N–H and O–H groups in total. The molecule has 0 spiro atoms. The molecule has 1 aliphatic rings. The van der Waals surface area contributed by atoms with Gasteiger partial charge in [-0.1, -0.05) is 53.2 Å². The number of carbonyl (C=O) groups is 1. The minimum atomic E-state index is -0.515. The monoisotopic (exact) mass is 438 g/mol. The van der Waals surface area contributed by atoms with Gasteiger partial charge in [-0.05, 0) is 49.8 Å². The normalized spacial score (nSPS) is 16.4. The number of hydrogen-bond donors (Lipinski definition) is 2. The molecule has 8 heteroatoms. The molecule has 1 aromatic heterocycles. The number of carbonyl (C=O) groups excluding carboxylic acids is 1. The molecule has 0 fully saturated rings. The number of rotatable bonds is 4. The van der Waals surface area contributed by atoms with Crippen LogP contribution in [0.3, 0.4) is 0 Å². The lowest BCUT2D eigenvalue weighted by molar-refractivity contribution is -0.113. The molecule has 0 saturated heterocycles. The Morgan fingerprint density at radius 2 is 1.87 bits per heavy atom. The first kappa shape index (κ1) is 20.1. The molecule has 0 unspecified atom stereocenters. The smallest absolute Gasteiger partial charge is 0.257 e. The van der Waals surface area contributed by atoms with Crippen molar-refractivity contribution in [2.75, 3.05) is 10.2 Å². The molecule has 0 aliphatic carbocycles. The van der Waals surface area contributed by atoms with Crippen LogP contribution in [0.4, 0.5) is 11.5 Å². The van der Waals surface area contributed by atoms with Crippen LogP contribution in [0.1, 0.15) is 24.3 Å². The van der Waals surface area contributed by atoms with Crippen LogP contribution in [0.2, 0.25) is 5.02 Å². The van der Waals surface area contributed by atoms with Gasteiger partial charge in [0.05, 0.1) is 11.6 Å². The first-order chi connectivity index (χ1) is 14.5. The molecular formula is C22H19ClN4O2S. The van der Waals surface area contributed by atoms with Crippen LogP contribution in [-0.2, 0) is 4.79 Å². The summed E-state index contributed by atoms with van der Waals surface area (Å²) in [6, 6.07) is 18.2. The molecule has 2 aromatic carbocycles. The predicted octanol–water partition coefficient (Wildman–Crippen LogP) is 4.98. The lowest BCUT2D eigenvalue weighted by Crippen LogP contribution is -2.48. The second-order valence-electron chi connectivity index (χ2n) is 6.85. The van der Waals surface area contributed by atoms with Gasteiger partial charge in [0, 0.05) is 22.5 Å². The summed E-state index contributed by atoms with van der Waals surface area (Å²) in [6.45, 7) is 3.63. The number of amides is 1. The number of aryl methyl sites for hydroxylation is 1. The highest BCUT2D eigenvalue weighted by atomic mass is 35.5. The third-order valence-corrected chi connectivity index (χ3v) is 5.47. The zero-order chi connectivity index (χ0) is 21.3. The molecular weight excluding hydrogens is 420 g/mol. The lowest BCUT2D eigenvalue weighted by Gasteiger charge is -2.38. The number of nitrogens with zero attached hydrogens (tertiary/aromatic N) is 2. The first-order valence-electron chi connectivity index (χ1n) is 9.31. The van der Waals surface area contributed by atoms with Crippen molar-refractivity contribution >= 4 is 46.3 Å².